The van der Waals surface area contributed by atoms with E-state index < -0.39 is 11.5 Å². The van der Waals surface area contributed by atoms with Gasteiger partial charge in [0.2, 0.25) is 0 Å². The average molecular weight is 255 g/mol. The van der Waals surface area contributed by atoms with Crippen molar-refractivity contribution in [3.8, 4) is 0 Å². The number of carbonyl (C=O) groups is 2. The molecule has 1 aliphatic heterocycles. The van der Waals surface area contributed by atoms with E-state index in [-0.39, 0.29) is 6.03 Å². The number of carbonyl (C=O) groups excluding carboxylic acids is 1. The van der Waals surface area contributed by atoms with E-state index in [2.05, 4.69) is 10.6 Å². The first-order valence-electron chi connectivity index (χ1n) is 6.65. The summed E-state index contributed by atoms with van der Waals surface area (Å²) in [5.74, 6) is -0.902. The van der Waals surface area contributed by atoms with Gasteiger partial charge in [0.15, 0.2) is 0 Å². The molecule has 2 aliphatic rings. The Morgan fingerprint density at radius 1 is 1.11 bits per heavy atom. The Bertz CT molecular complexity index is 319. The minimum atomic E-state index is -1.03. The van der Waals surface area contributed by atoms with Gasteiger partial charge in [0.05, 0.1) is 0 Å². The number of carboxylic acids is 1. The minimum Gasteiger partial charge on any atom is -0.480 e. The van der Waals surface area contributed by atoms with E-state index in [4.69, 9.17) is 0 Å². The summed E-state index contributed by atoms with van der Waals surface area (Å²) in [6, 6.07) is -0.233. The van der Waals surface area contributed by atoms with Crippen molar-refractivity contribution in [2.45, 2.75) is 37.6 Å². The van der Waals surface area contributed by atoms with E-state index in [1.54, 1.807) is 4.90 Å². The summed E-state index contributed by atoms with van der Waals surface area (Å²) in [6.07, 6.45) is 3.73. The summed E-state index contributed by atoms with van der Waals surface area (Å²) >= 11 is 0. The van der Waals surface area contributed by atoms with Gasteiger partial charge in [-0.1, -0.05) is 12.8 Å². The van der Waals surface area contributed by atoms with Gasteiger partial charge in [0.1, 0.15) is 5.54 Å². The third-order valence-electron chi connectivity index (χ3n) is 3.84. The molecule has 0 aromatic carbocycles. The number of nitrogens with one attached hydrogen (secondary N) is 2. The van der Waals surface area contributed by atoms with Crippen LogP contribution in [-0.4, -0.2) is 53.7 Å². The molecule has 1 heterocycles. The van der Waals surface area contributed by atoms with Crippen molar-refractivity contribution >= 4 is 12.0 Å². The van der Waals surface area contributed by atoms with Gasteiger partial charge in [0, 0.05) is 19.6 Å². The third kappa shape index (κ3) is 2.75. The molecule has 1 saturated heterocycles. The molecule has 6 heteroatoms. The fraction of sp³-hybridized carbons (Fsp3) is 0.833. The third-order valence-corrected chi connectivity index (χ3v) is 3.84. The predicted octanol–water partition coefficient (Wildman–Crippen LogP) is 0.389. The molecule has 2 rings (SSSR count). The second-order valence-corrected chi connectivity index (χ2v) is 5.12. The highest BCUT2D eigenvalue weighted by Gasteiger charge is 2.43. The lowest BCUT2D eigenvalue weighted by atomic mass is 9.98. The minimum absolute atomic E-state index is 0.233. The van der Waals surface area contributed by atoms with Crippen LogP contribution in [0.5, 0.6) is 0 Å². The largest absolute Gasteiger partial charge is 0.480 e. The zero-order chi connectivity index (χ0) is 13.0. The van der Waals surface area contributed by atoms with E-state index >= 15 is 0 Å². The first-order chi connectivity index (χ1) is 8.64. The smallest absolute Gasteiger partial charge is 0.329 e. The molecule has 1 saturated carbocycles. The number of rotatable bonds is 2. The topological polar surface area (TPSA) is 81.7 Å². The van der Waals surface area contributed by atoms with Crippen LogP contribution in [-0.2, 0) is 4.79 Å². The summed E-state index contributed by atoms with van der Waals surface area (Å²) in [5, 5.41) is 15.3. The summed E-state index contributed by atoms with van der Waals surface area (Å²) in [4.78, 5) is 25.2. The van der Waals surface area contributed by atoms with E-state index in [0.717, 1.165) is 32.4 Å². The van der Waals surface area contributed by atoms with Gasteiger partial charge in [-0.3, -0.25) is 0 Å². The maximum Gasteiger partial charge on any atom is 0.329 e. The van der Waals surface area contributed by atoms with E-state index in [9.17, 15) is 14.7 Å². The highest BCUT2D eigenvalue weighted by Crippen LogP contribution is 2.30. The van der Waals surface area contributed by atoms with Crippen LogP contribution in [0.2, 0.25) is 0 Å². The van der Waals surface area contributed by atoms with Crippen LogP contribution in [0.4, 0.5) is 4.79 Å². The van der Waals surface area contributed by atoms with Crippen molar-refractivity contribution in [2.24, 2.45) is 0 Å². The van der Waals surface area contributed by atoms with E-state index in [1.165, 1.54) is 0 Å². The van der Waals surface area contributed by atoms with Gasteiger partial charge in [-0.05, 0) is 25.8 Å². The van der Waals surface area contributed by atoms with Crippen molar-refractivity contribution in [3.05, 3.63) is 0 Å². The average Bonchev–Trinajstić information content (AvgIpc) is 2.65. The first kappa shape index (κ1) is 13.1. The van der Waals surface area contributed by atoms with Crippen molar-refractivity contribution in [1.82, 2.24) is 15.5 Å². The van der Waals surface area contributed by atoms with Gasteiger partial charge in [-0.15, -0.1) is 0 Å². The molecule has 0 atom stereocenters. The molecule has 1 aliphatic carbocycles. The number of nitrogens with zero attached hydrogens (tertiary/aromatic N) is 1. The van der Waals surface area contributed by atoms with Crippen molar-refractivity contribution in [3.63, 3.8) is 0 Å². The molecule has 102 valence electrons. The van der Waals surface area contributed by atoms with Crippen molar-refractivity contribution in [2.75, 3.05) is 26.2 Å². The second kappa shape index (κ2) is 5.56. The maximum absolute atomic E-state index is 12.1. The lowest BCUT2D eigenvalue weighted by Crippen LogP contribution is -2.56. The highest BCUT2D eigenvalue weighted by molar-refractivity contribution is 5.86. The SMILES string of the molecule is O=C(NC1(C(=O)O)CCCC1)N1CCCNCC1. The van der Waals surface area contributed by atoms with Crippen molar-refractivity contribution < 1.29 is 14.7 Å². The maximum atomic E-state index is 12.1. The Kier molecular flexibility index (Phi) is 4.06. The number of aliphatic carboxylic acids is 1. The predicted molar refractivity (Wildman–Crippen MR) is 66.4 cm³/mol. The van der Waals surface area contributed by atoms with Crippen molar-refractivity contribution in [1.29, 1.82) is 0 Å². The molecule has 0 unspecified atom stereocenters. The second-order valence-electron chi connectivity index (χ2n) is 5.12. The fourth-order valence-electron chi connectivity index (χ4n) is 2.70. The van der Waals surface area contributed by atoms with Crippen LogP contribution in [0.1, 0.15) is 32.1 Å². The molecule has 3 N–H and O–H groups in total. The molecule has 2 fully saturated rings. The molecule has 0 spiro atoms. The molecule has 6 nitrogen and oxygen atoms in total. The zero-order valence-electron chi connectivity index (χ0n) is 10.6. The van der Waals surface area contributed by atoms with Crippen LogP contribution in [0.25, 0.3) is 0 Å². The van der Waals surface area contributed by atoms with Gasteiger partial charge >= 0.3 is 12.0 Å². The molecular weight excluding hydrogens is 234 g/mol. The van der Waals surface area contributed by atoms with E-state index in [0.29, 0.717) is 25.9 Å². The Hall–Kier alpha value is -1.30. The number of carboxylic acid groups (broad SMARTS) is 1. The molecule has 18 heavy (non-hydrogen) atoms. The number of hydrogen-bond donors (Lipinski definition) is 3. The Balaban J connectivity index is 1.98. The Labute approximate surface area is 107 Å². The normalized spacial score (nSPS) is 23.4. The molecule has 0 aromatic heterocycles. The monoisotopic (exact) mass is 255 g/mol. The quantitative estimate of drug-likeness (QED) is 0.666. The molecule has 0 aromatic rings. The van der Waals surface area contributed by atoms with Crippen LogP contribution < -0.4 is 10.6 Å². The number of amides is 2. The van der Waals surface area contributed by atoms with E-state index in [1.807, 2.05) is 0 Å². The molecule has 0 bridgehead atoms. The van der Waals surface area contributed by atoms with Crippen LogP contribution in [0, 0.1) is 0 Å². The highest BCUT2D eigenvalue weighted by atomic mass is 16.4. The summed E-state index contributed by atoms with van der Waals surface area (Å²) in [5.41, 5.74) is -1.03. The summed E-state index contributed by atoms with van der Waals surface area (Å²) < 4.78 is 0. The Morgan fingerprint density at radius 2 is 1.83 bits per heavy atom. The van der Waals surface area contributed by atoms with Crippen LogP contribution >= 0.6 is 0 Å². The molecular formula is C12H21N3O3. The van der Waals surface area contributed by atoms with Gasteiger partial charge in [0.25, 0.3) is 0 Å². The van der Waals surface area contributed by atoms with Crippen LogP contribution in [0.15, 0.2) is 0 Å². The lowest BCUT2D eigenvalue weighted by molar-refractivity contribution is -0.144. The van der Waals surface area contributed by atoms with Gasteiger partial charge < -0.3 is 20.6 Å². The zero-order valence-corrected chi connectivity index (χ0v) is 10.6. The lowest BCUT2D eigenvalue weighted by Gasteiger charge is -2.29. The summed E-state index contributed by atoms with van der Waals surface area (Å²) in [7, 11) is 0. The van der Waals surface area contributed by atoms with Crippen LogP contribution in [0.3, 0.4) is 0 Å². The summed E-state index contributed by atoms with van der Waals surface area (Å²) in [6.45, 7) is 3.01. The molecule has 0 radical (unpaired) electrons. The van der Waals surface area contributed by atoms with Gasteiger partial charge in [-0.25, -0.2) is 9.59 Å². The first-order valence-corrected chi connectivity index (χ1v) is 6.65. The number of urea groups is 1. The Morgan fingerprint density at radius 3 is 2.50 bits per heavy atom. The number of hydrogen-bond acceptors (Lipinski definition) is 3. The standard InChI is InChI=1S/C12H21N3O3/c16-10(17)12(4-1-2-5-12)14-11(18)15-8-3-6-13-7-9-15/h13H,1-9H2,(H,14,18)(H,16,17). The van der Waals surface area contributed by atoms with Gasteiger partial charge in [-0.2, -0.15) is 0 Å². The molecule has 2 amide bonds. The fourth-order valence-corrected chi connectivity index (χ4v) is 2.70.